The Hall–Kier alpha value is -2.05. The number of ether oxygens (including phenoxy) is 1. The van der Waals surface area contributed by atoms with Gasteiger partial charge in [-0.3, -0.25) is 4.79 Å². The quantitative estimate of drug-likeness (QED) is 0.666. The third kappa shape index (κ3) is 3.97. The number of hydrogen-bond acceptors (Lipinski definition) is 3. The summed E-state index contributed by atoms with van der Waals surface area (Å²) in [6.07, 6.45) is -4.52. The molecule has 0 unspecified atom stereocenters. The number of benzene rings is 1. The molecule has 1 rings (SSSR count). The SMILES string of the molecule is CCOC(=O)C(=O)Nc1ccc(C)c(C(F)(F)F)c1. The van der Waals surface area contributed by atoms with Crippen molar-refractivity contribution in [3.05, 3.63) is 29.3 Å². The van der Waals surface area contributed by atoms with Crippen molar-refractivity contribution < 1.29 is 27.5 Å². The van der Waals surface area contributed by atoms with Gasteiger partial charge >= 0.3 is 18.1 Å². The molecule has 0 aliphatic heterocycles. The second-order valence-electron chi connectivity index (χ2n) is 3.70. The number of hydrogen-bond donors (Lipinski definition) is 1. The molecule has 0 aromatic heterocycles. The van der Waals surface area contributed by atoms with Crippen LogP contribution in [0.5, 0.6) is 0 Å². The van der Waals surface area contributed by atoms with Gasteiger partial charge in [-0.1, -0.05) is 6.07 Å². The number of aryl methyl sites for hydroxylation is 1. The molecule has 7 heteroatoms. The Morgan fingerprint density at radius 1 is 1.32 bits per heavy atom. The number of esters is 1. The summed E-state index contributed by atoms with van der Waals surface area (Å²) >= 11 is 0. The zero-order valence-corrected chi connectivity index (χ0v) is 10.3. The molecule has 0 atom stereocenters. The van der Waals surface area contributed by atoms with E-state index in [0.717, 1.165) is 6.07 Å². The average molecular weight is 275 g/mol. The Morgan fingerprint density at radius 2 is 1.95 bits per heavy atom. The molecule has 4 nitrogen and oxygen atoms in total. The monoisotopic (exact) mass is 275 g/mol. The summed E-state index contributed by atoms with van der Waals surface area (Å²) in [5, 5.41) is 2.05. The van der Waals surface area contributed by atoms with E-state index >= 15 is 0 Å². The number of halogens is 3. The molecule has 0 fully saturated rings. The highest BCUT2D eigenvalue weighted by Gasteiger charge is 2.32. The molecule has 0 aliphatic rings. The van der Waals surface area contributed by atoms with E-state index < -0.39 is 23.6 Å². The molecule has 1 aromatic carbocycles. The standard InChI is InChI=1S/C12H12F3NO3/c1-3-19-11(18)10(17)16-8-5-4-7(2)9(6-8)12(13,14)15/h4-6H,3H2,1-2H3,(H,16,17). The zero-order valence-electron chi connectivity index (χ0n) is 10.3. The van der Waals surface area contributed by atoms with Gasteiger partial charge < -0.3 is 10.1 Å². The lowest BCUT2D eigenvalue weighted by molar-refractivity contribution is -0.152. The minimum atomic E-state index is -4.52. The summed E-state index contributed by atoms with van der Waals surface area (Å²) in [7, 11) is 0. The van der Waals surface area contributed by atoms with Gasteiger partial charge in [-0.25, -0.2) is 4.79 Å². The Balaban J connectivity index is 2.92. The van der Waals surface area contributed by atoms with E-state index in [1.165, 1.54) is 26.0 Å². The number of nitrogens with one attached hydrogen (secondary N) is 1. The van der Waals surface area contributed by atoms with E-state index in [9.17, 15) is 22.8 Å². The van der Waals surface area contributed by atoms with Gasteiger partial charge in [0.2, 0.25) is 0 Å². The summed E-state index contributed by atoms with van der Waals surface area (Å²) in [4.78, 5) is 22.3. The van der Waals surface area contributed by atoms with Crippen molar-refractivity contribution in [2.45, 2.75) is 20.0 Å². The van der Waals surface area contributed by atoms with E-state index in [-0.39, 0.29) is 17.9 Å². The van der Waals surface area contributed by atoms with E-state index in [2.05, 4.69) is 10.1 Å². The van der Waals surface area contributed by atoms with Gasteiger partial charge in [-0.05, 0) is 31.5 Å². The second-order valence-corrected chi connectivity index (χ2v) is 3.70. The number of anilines is 1. The van der Waals surface area contributed by atoms with Crippen LogP contribution in [0.4, 0.5) is 18.9 Å². The van der Waals surface area contributed by atoms with Crippen molar-refractivity contribution in [2.75, 3.05) is 11.9 Å². The number of alkyl halides is 3. The summed E-state index contributed by atoms with van der Waals surface area (Å²) in [6.45, 7) is 2.83. The second kappa shape index (κ2) is 5.73. The maximum absolute atomic E-state index is 12.6. The molecule has 104 valence electrons. The predicted molar refractivity (Wildman–Crippen MR) is 61.4 cm³/mol. The highest BCUT2D eigenvalue weighted by Crippen LogP contribution is 2.33. The first kappa shape index (κ1) is 15.0. The van der Waals surface area contributed by atoms with Crippen LogP contribution in [0.25, 0.3) is 0 Å². The Labute approximate surface area is 107 Å². The lowest BCUT2D eigenvalue weighted by atomic mass is 10.1. The van der Waals surface area contributed by atoms with Crippen molar-refractivity contribution in [3.8, 4) is 0 Å². The van der Waals surface area contributed by atoms with Crippen molar-refractivity contribution in [2.24, 2.45) is 0 Å². The molecule has 19 heavy (non-hydrogen) atoms. The van der Waals surface area contributed by atoms with E-state index in [0.29, 0.717) is 0 Å². The van der Waals surface area contributed by atoms with Gasteiger partial charge in [0, 0.05) is 5.69 Å². The average Bonchev–Trinajstić information content (AvgIpc) is 2.30. The molecule has 1 N–H and O–H groups in total. The van der Waals surface area contributed by atoms with Crippen molar-refractivity contribution >= 4 is 17.6 Å². The van der Waals surface area contributed by atoms with Crippen LogP contribution in [-0.2, 0) is 20.5 Å². The molecule has 0 heterocycles. The summed E-state index contributed by atoms with van der Waals surface area (Å²) in [5.41, 5.74) is -0.952. The summed E-state index contributed by atoms with van der Waals surface area (Å²) in [6, 6.07) is 3.26. The first-order valence-corrected chi connectivity index (χ1v) is 5.41. The molecule has 0 saturated heterocycles. The number of carbonyl (C=O) groups is 2. The number of carbonyl (C=O) groups excluding carboxylic acids is 2. The van der Waals surface area contributed by atoms with Gasteiger partial charge in [-0.2, -0.15) is 13.2 Å². The van der Waals surface area contributed by atoms with Crippen LogP contribution in [0.2, 0.25) is 0 Å². The number of rotatable bonds is 2. The van der Waals surface area contributed by atoms with Gasteiger partial charge in [0.05, 0.1) is 12.2 Å². The fraction of sp³-hybridized carbons (Fsp3) is 0.333. The summed E-state index contributed by atoms with van der Waals surface area (Å²) < 4.78 is 42.3. The largest absolute Gasteiger partial charge is 0.459 e. The van der Waals surface area contributed by atoms with E-state index in [4.69, 9.17) is 0 Å². The highest BCUT2D eigenvalue weighted by atomic mass is 19.4. The van der Waals surface area contributed by atoms with Crippen molar-refractivity contribution in [1.29, 1.82) is 0 Å². The normalized spacial score (nSPS) is 11.0. The highest BCUT2D eigenvalue weighted by molar-refractivity contribution is 6.37. The third-order valence-corrected chi connectivity index (χ3v) is 2.26. The van der Waals surface area contributed by atoms with Crippen LogP contribution in [0.3, 0.4) is 0 Å². The van der Waals surface area contributed by atoms with Crippen molar-refractivity contribution in [1.82, 2.24) is 0 Å². The molecule has 1 amide bonds. The van der Waals surface area contributed by atoms with E-state index in [1.807, 2.05) is 0 Å². The molecular weight excluding hydrogens is 263 g/mol. The first-order chi connectivity index (χ1) is 8.75. The Bertz CT molecular complexity index is 497. The molecular formula is C12H12F3NO3. The maximum atomic E-state index is 12.6. The summed E-state index contributed by atoms with van der Waals surface area (Å²) in [5.74, 6) is -2.25. The van der Waals surface area contributed by atoms with Crippen LogP contribution in [0, 0.1) is 6.92 Å². The Morgan fingerprint density at radius 3 is 2.47 bits per heavy atom. The third-order valence-electron chi connectivity index (χ3n) is 2.26. The topological polar surface area (TPSA) is 55.4 Å². The molecule has 1 aromatic rings. The van der Waals surface area contributed by atoms with Gasteiger partial charge in [0.1, 0.15) is 0 Å². The predicted octanol–water partition coefficient (Wildman–Crippen LogP) is 2.52. The van der Waals surface area contributed by atoms with Crippen LogP contribution >= 0.6 is 0 Å². The van der Waals surface area contributed by atoms with Crippen LogP contribution in [0.15, 0.2) is 18.2 Å². The van der Waals surface area contributed by atoms with Gasteiger partial charge in [-0.15, -0.1) is 0 Å². The maximum Gasteiger partial charge on any atom is 0.416 e. The van der Waals surface area contributed by atoms with Crippen LogP contribution in [-0.4, -0.2) is 18.5 Å². The molecule has 0 bridgehead atoms. The zero-order chi connectivity index (χ0) is 14.6. The van der Waals surface area contributed by atoms with Gasteiger partial charge in [0.15, 0.2) is 0 Å². The molecule has 0 saturated carbocycles. The minimum absolute atomic E-state index is 0.00789. The van der Waals surface area contributed by atoms with Gasteiger partial charge in [0.25, 0.3) is 0 Å². The smallest absolute Gasteiger partial charge is 0.416 e. The lowest BCUT2D eigenvalue weighted by Crippen LogP contribution is -2.25. The fourth-order valence-electron chi connectivity index (χ4n) is 1.38. The minimum Gasteiger partial charge on any atom is -0.459 e. The van der Waals surface area contributed by atoms with Crippen LogP contribution in [0.1, 0.15) is 18.1 Å². The molecule has 0 aliphatic carbocycles. The molecule has 0 spiro atoms. The number of amides is 1. The Kier molecular flexibility index (Phi) is 4.52. The van der Waals surface area contributed by atoms with Crippen LogP contribution < -0.4 is 5.32 Å². The fourth-order valence-corrected chi connectivity index (χ4v) is 1.38. The van der Waals surface area contributed by atoms with Crippen molar-refractivity contribution in [3.63, 3.8) is 0 Å². The first-order valence-electron chi connectivity index (χ1n) is 5.41. The van der Waals surface area contributed by atoms with E-state index in [1.54, 1.807) is 0 Å². The molecule has 0 radical (unpaired) electrons. The lowest BCUT2D eigenvalue weighted by Gasteiger charge is -2.12.